The molecule has 1 heterocycles. The number of aldehydes is 1. The third kappa shape index (κ3) is 5.30. The molecule has 3 rings (SSSR count). The lowest BCUT2D eigenvalue weighted by Crippen LogP contribution is -2.04. The number of anilines is 2. The Morgan fingerprint density at radius 3 is 1.91 bits per heavy atom. The molecule has 0 saturated heterocycles. The van der Waals surface area contributed by atoms with Crippen LogP contribution in [0.4, 0.5) is 11.8 Å². The molecule has 0 fully saturated rings. The number of carbonyl (C=O) groups is 1. The summed E-state index contributed by atoms with van der Waals surface area (Å²) in [6.07, 6.45) is 3.08. The molecule has 0 amide bonds. The average molecular weight is 463 g/mol. The second-order valence-corrected chi connectivity index (χ2v) is 7.19. The van der Waals surface area contributed by atoms with E-state index in [1.165, 1.54) is 14.2 Å². The summed E-state index contributed by atoms with van der Waals surface area (Å²) in [7, 11) is 6.16. The van der Waals surface area contributed by atoms with Crippen molar-refractivity contribution < 1.29 is 23.7 Å². The second-order valence-electron chi connectivity index (χ2n) is 7.19. The number of ether oxygens (including phenoxy) is 4. The van der Waals surface area contributed by atoms with Crippen LogP contribution in [0.3, 0.4) is 0 Å². The van der Waals surface area contributed by atoms with Gasteiger partial charge in [-0.05, 0) is 35.4 Å². The van der Waals surface area contributed by atoms with Crippen LogP contribution in [0.1, 0.15) is 27.8 Å². The highest BCUT2D eigenvalue weighted by molar-refractivity contribution is 5.64. The fourth-order valence-electron chi connectivity index (χ4n) is 3.47. The highest BCUT2D eigenvalue weighted by Gasteiger charge is 2.15. The van der Waals surface area contributed by atoms with Gasteiger partial charge in [-0.2, -0.15) is 4.98 Å². The minimum absolute atomic E-state index is 0.112. The summed E-state index contributed by atoms with van der Waals surface area (Å²) in [6, 6.07) is 7.27. The van der Waals surface area contributed by atoms with E-state index in [9.17, 15) is 4.79 Å². The van der Waals surface area contributed by atoms with Crippen LogP contribution in [0.25, 0.3) is 0 Å². The number of benzene rings is 2. The Balaban J connectivity index is 2.11. The number of aromatic nitrogens is 2. The zero-order chi connectivity index (χ0) is 24.7. The van der Waals surface area contributed by atoms with Crippen LogP contribution in [0.2, 0.25) is 0 Å². The predicted molar refractivity (Wildman–Crippen MR) is 129 cm³/mol. The summed E-state index contributed by atoms with van der Waals surface area (Å²) in [6.45, 7) is 0. The molecule has 176 valence electrons. The number of methoxy groups -OCH3 is 4. The van der Waals surface area contributed by atoms with Crippen molar-refractivity contribution in [1.82, 2.24) is 9.97 Å². The van der Waals surface area contributed by atoms with E-state index in [0.717, 1.165) is 17.4 Å². The van der Waals surface area contributed by atoms with Gasteiger partial charge in [-0.25, -0.2) is 4.98 Å². The van der Waals surface area contributed by atoms with Crippen LogP contribution >= 0.6 is 0 Å². The fraction of sp³-hybridized carbons (Fsp3) is 0.240. The Bertz CT molecular complexity index is 1260. The van der Waals surface area contributed by atoms with Crippen molar-refractivity contribution in [3.05, 3.63) is 58.3 Å². The molecule has 0 aliphatic rings. The summed E-state index contributed by atoms with van der Waals surface area (Å²) in [5.74, 6) is 8.63. The molecule has 2 aromatic carbocycles. The zero-order valence-electron chi connectivity index (χ0n) is 19.5. The number of hydrogen-bond donors (Lipinski definition) is 2. The minimum atomic E-state index is 0.112. The molecule has 0 aliphatic heterocycles. The first-order chi connectivity index (χ1) is 16.4. The largest absolute Gasteiger partial charge is 0.493 e. The van der Waals surface area contributed by atoms with Gasteiger partial charge in [-0.15, -0.1) is 0 Å². The van der Waals surface area contributed by atoms with Gasteiger partial charge in [-0.3, -0.25) is 0 Å². The van der Waals surface area contributed by atoms with Gasteiger partial charge in [-0.1, -0.05) is 11.8 Å². The first-order valence-electron chi connectivity index (χ1n) is 10.3. The van der Waals surface area contributed by atoms with Gasteiger partial charge in [0.05, 0.1) is 39.6 Å². The second kappa shape index (κ2) is 10.9. The lowest BCUT2D eigenvalue weighted by Gasteiger charge is -2.13. The van der Waals surface area contributed by atoms with Crippen LogP contribution in [0.5, 0.6) is 23.0 Å². The van der Waals surface area contributed by atoms with Gasteiger partial charge in [0.15, 0.2) is 23.0 Å². The van der Waals surface area contributed by atoms with Gasteiger partial charge in [0.2, 0.25) is 5.95 Å². The van der Waals surface area contributed by atoms with Gasteiger partial charge in [0, 0.05) is 24.6 Å². The highest BCUT2D eigenvalue weighted by Crippen LogP contribution is 2.35. The van der Waals surface area contributed by atoms with Gasteiger partial charge in [0.1, 0.15) is 12.1 Å². The molecular weight excluding hydrogens is 436 g/mol. The van der Waals surface area contributed by atoms with E-state index >= 15 is 0 Å². The molecule has 0 bridgehead atoms. The molecule has 0 unspecified atom stereocenters. The highest BCUT2D eigenvalue weighted by atomic mass is 16.5. The van der Waals surface area contributed by atoms with Crippen LogP contribution in [-0.4, -0.2) is 44.7 Å². The topological polar surface area (TPSA) is 132 Å². The third-order valence-electron chi connectivity index (χ3n) is 5.04. The summed E-state index contributed by atoms with van der Waals surface area (Å²) in [5, 5.41) is 0. The van der Waals surface area contributed by atoms with E-state index in [4.69, 9.17) is 30.4 Å². The Morgan fingerprint density at radius 2 is 1.41 bits per heavy atom. The molecule has 3 aromatic rings. The monoisotopic (exact) mass is 462 g/mol. The Hall–Kier alpha value is -4.45. The molecule has 1 aromatic heterocycles. The number of hydrogen-bond acceptors (Lipinski definition) is 9. The van der Waals surface area contributed by atoms with E-state index in [0.29, 0.717) is 51.9 Å². The van der Waals surface area contributed by atoms with Gasteiger partial charge in [0.25, 0.3) is 0 Å². The molecule has 0 spiro atoms. The smallest absolute Gasteiger partial charge is 0.221 e. The summed E-state index contributed by atoms with van der Waals surface area (Å²) < 4.78 is 22.0. The number of nitrogen functional groups attached to an aromatic ring is 2. The van der Waals surface area contributed by atoms with E-state index in [2.05, 4.69) is 21.8 Å². The van der Waals surface area contributed by atoms with Gasteiger partial charge < -0.3 is 35.2 Å². The SMILES string of the molecule is COc1cc(CC=O)cc(C#Cc2cc(Cc3cnc(N)nc3N)cc(OC)c2OC)c1OC. The molecule has 4 N–H and O–H groups in total. The van der Waals surface area contributed by atoms with E-state index in [-0.39, 0.29) is 12.4 Å². The van der Waals surface area contributed by atoms with Crippen LogP contribution in [-0.2, 0) is 17.6 Å². The standard InChI is InChI=1S/C25H26N4O5/c1-31-20-12-15(7-8-30)9-17(22(20)33-3)5-6-18-10-16(13-21(32-2)23(18)34-4)11-19-14-28-25(27)29-24(19)26/h8-10,12-14H,7,11H2,1-4H3,(H4,26,27,28,29). The number of nitrogens with two attached hydrogens (primary N) is 2. The summed E-state index contributed by atoms with van der Waals surface area (Å²) in [5.41, 5.74) is 15.1. The van der Waals surface area contributed by atoms with Crippen molar-refractivity contribution in [1.29, 1.82) is 0 Å². The zero-order valence-corrected chi connectivity index (χ0v) is 19.5. The predicted octanol–water partition coefficient (Wildman–Crippen LogP) is 2.41. The fourth-order valence-corrected chi connectivity index (χ4v) is 3.47. The normalized spacial score (nSPS) is 10.1. The summed E-state index contributed by atoms with van der Waals surface area (Å²) >= 11 is 0. The maximum absolute atomic E-state index is 11.0. The molecule has 0 saturated carbocycles. The first-order valence-corrected chi connectivity index (χ1v) is 10.3. The van der Waals surface area contributed by atoms with Crippen molar-refractivity contribution in [2.75, 3.05) is 39.9 Å². The van der Waals surface area contributed by atoms with Crippen LogP contribution < -0.4 is 30.4 Å². The van der Waals surface area contributed by atoms with Gasteiger partial charge >= 0.3 is 0 Å². The molecular formula is C25H26N4O5. The maximum atomic E-state index is 11.0. The molecule has 9 nitrogen and oxygen atoms in total. The Morgan fingerprint density at radius 1 is 0.853 bits per heavy atom. The quantitative estimate of drug-likeness (QED) is 0.382. The first kappa shape index (κ1) is 24.2. The molecule has 34 heavy (non-hydrogen) atoms. The average Bonchev–Trinajstić information content (AvgIpc) is 2.83. The summed E-state index contributed by atoms with van der Waals surface area (Å²) in [4.78, 5) is 19.1. The number of rotatable bonds is 8. The minimum Gasteiger partial charge on any atom is -0.493 e. The van der Waals surface area contributed by atoms with Crippen molar-refractivity contribution >= 4 is 18.1 Å². The molecule has 9 heteroatoms. The van der Waals surface area contributed by atoms with Crippen LogP contribution in [0.15, 0.2) is 30.5 Å². The van der Waals surface area contributed by atoms with E-state index in [1.807, 2.05) is 12.1 Å². The third-order valence-corrected chi connectivity index (χ3v) is 5.04. The van der Waals surface area contributed by atoms with Crippen molar-refractivity contribution in [3.63, 3.8) is 0 Å². The van der Waals surface area contributed by atoms with Crippen molar-refractivity contribution in [3.8, 4) is 34.8 Å². The maximum Gasteiger partial charge on any atom is 0.221 e. The number of carbonyl (C=O) groups excluding carboxylic acids is 1. The Kier molecular flexibility index (Phi) is 7.77. The number of nitrogens with zero attached hydrogens (tertiary/aromatic N) is 2. The molecule has 0 radical (unpaired) electrons. The van der Waals surface area contributed by atoms with E-state index < -0.39 is 0 Å². The Labute approximate surface area is 198 Å². The lowest BCUT2D eigenvalue weighted by molar-refractivity contribution is -0.107. The molecule has 0 atom stereocenters. The van der Waals surface area contributed by atoms with E-state index in [1.54, 1.807) is 32.5 Å². The van der Waals surface area contributed by atoms with Crippen LogP contribution in [0, 0.1) is 11.8 Å². The van der Waals surface area contributed by atoms with Crippen molar-refractivity contribution in [2.24, 2.45) is 0 Å². The lowest BCUT2D eigenvalue weighted by atomic mass is 10.0. The molecule has 0 aliphatic carbocycles. The van der Waals surface area contributed by atoms with Crippen molar-refractivity contribution in [2.45, 2.75) is 12.8 Å².